The highest BCUT2D eigenvalue weighted by Crippen LogP contribution is 2.28. The van der Waals surface area contributed by atoms with E-state index in [-0.39, 0.29) is 30.4 Å². The van der Waals surface area contributed by atoms with E-state index in [0.717, 1.165) is 32.0 Å². The van der Waals surface area contributed by atoms with Crippen LogP contribution in [0.15, 0.2) is 18.2 Å². The van der Waals surface area contributed by atoms with Crippen molar-refractivity contribution in [2.45, 2.75) is 39.4 Å². The molecular formula is C22H31F3N8O2. The maximum absolute atomic E-state index is 13.1. The second kappa shape index (κ2) is 11.5. The van der Waals surface area contributed by atoms with Crippen molar-refractivity contribution in [3.8, 4) is 0 Å². The summed E-state index contributed by atoms with van der Waals surface area (Å²) in [6.45, 7) is 6.28. The molecule has 13 heteroatoms. The van der Waals surface area contributed by atoms with Gasteiger partial charge in [0.15, 0.2) is 0 Å². The zero-order valence-electron chi connectivity index (χ0n) is 20.2. The summed E-state index contributed by atoms with van der Waals surface area (Å²) in [5, 5.41) is 9.53. The molecule has 4 N–H and O–H groups in total. The highest BCUT2D eigenvalue weighted by Gasteiger charge is 2.37. The number of aryl methyl sites for hydroxylation is 1. The van der Waals surface area contributed by atoms with Gasteiger partial charge in [0.2, 0.25) is 17.8 Å². The number of amides is 1. The van der Waals surface area contributed by atoms with Crippen LogP contribution in [0.2, 0.25) is 0 Å². The molecule has 2 heterocycles. The van der Waals surface area contributed by atoms with E-state index in [2.05, 4.69) is 36.4 Å². The molecule has 2 aromatic rings. The summed E-state index contributed by atoms with van der Waals surface area (Å²) < 4.78 is 39.3. The maximum atomic E-state index is 13.1. The lowest BCUT2D eigenvalue weighted by Crippen LogP contribution is -2.34. The van der Waals surface area contributed by atoms with Gasteiger partial charge in [0, 0.05) is 37.4 Å². The molecule has 10 nitrogen and oxygen atoms in total. The van der Waals surface area contributed by atoms with Gasteiger partial charge in [0.25, 0.3) is 5.91 Å². The minimum Gasteiger partial charge on any atom is -0.350 e. The summed E-state index contributed by atoms with van der Waals surface area (Å²) in [5.41, 5.74) is 4.07. The fourth-order valence-electron chi connectivity index (χ4n) is 3.43. The minimum atomic E-state index is -4.33. The van der Waals surface area contributed by atoms with Crippen molar-refractivity contribution in [2.24, 2.45) is 5.92 Å². The smallest absolute Gasteiger partial charge is 0.350 e. The molecule has 1 aromatic carbocycles. The van der Waals surface area contributed by atoms with E-state index in [1.165, 1.54) is 11.9 Å². The van der Waals surface area contributed by atoms with Crippen molar-refractivity contribution in [3.63, 3.8) is 0 Å². The molecule has 1 aliphatic rings. The standard InChI is InChI=1S/C22H31F3N8O2/c1-5-35-32-18(34)15-7-6-13(2)17(10-15)28-20-29-19(27-16-8-9-26-11-16)30-21(31-20)33(4)12-14(3)22(23,24)25/h6-7,10,14,16,26H,5,8-9,11-12H2,1-4H3,(H,32,34)(H2,27,28,29,30,31)/t14?,16-/m1/s1. The highest BCUT2D eigenvalue weighted by molar-refractivity contribution is 5.94. The number of halogens is 3. The molecule has 0 aliphatic carbocycles. The number of nitrogens with zero attached hydrogens (tertiary/aromatic N) is 4. The van der Waals surface area contributed by atoms with Gasteiger partial charge in [-0.3, -0.25) is 9.63 Å². The normalized spacial score (nSPS) is 16.6. The lowest BCUT2D eigenvalue weighted by Gasteiger charge is -2.24. The van der Waals surface area contributed by atoms with E-state index in [1.807, 2.05) is 6.92 Å². The van der Waals surface area contributed by atoms with E-state index in [4.69, 9.17) is 4.84 Å². The SMILES string of the molecule is CCONC(=O)c1ccc(C)c(Nc2nc(N[C@@H]3CCNC3)nc(N(C)CC(C)C(F)(F)F)n2)c1. The predicted octanol–water partition coefficient (Wildman–Crippen LogP) is 3.01. The lowest BCUT2D eigenvalue weighted by molar-refractivity contribution is -0.166. The van der Waals surface area contributed by atoms with Gasteiger partial charge in [-0.25, -0.2) is 5.48 Å². The molecule has 2 atom stereocenters. The Hall–Kier alpha value is -3.19. The number of hydroxylamine groups is 1. The third-order valence-corrected chi connectivity index (χ3v) is 5.52. The first-order chi connectivity index (χ1) is 16.6. The highest BCUT2D eigenvalue weighted by atomic mass is 19.4. The molecule has 1 unspecified atom stereocenters. The van der Waals surface area contributed by atoms with Gasteiger partial charge in [-0.05, 0) is 44.5 Å². The number of hydrogen-bond donors (Lipinski definition) is 4. The van der Waals surface area contributed by atoms with E-state index in [1.54, 1.807) is 25.1 Å². The number of carbonyl (C=O) groups excluding carboxylic acids is 1. The fraction of sp³-hybridized carbons (Fsp3) is 0.545. The van der Waals surface area contributed by atoms with Crippen LogP contribution in [0.3, 0.4) is 0 Å². The molecule has 35 heavy (non-hydrogen) atoms. The zero-order valence-corrected chi connectivity index (χ0v) is 20.2. The van der Waals surface area contributed by atoms with Crippen LogP contribution in [0.1, 0.15) is 36.2 Å². The predicted molar refractivity (Wildman–Crippen MR) is 127 cm³/mol. The summed E-state index contributed by atoms with van der Waals surface area (Å²) >= 11 is 0. The second-order valence-corrected chi connectivity index (χ2v) is 8.46. The monoisotopic (exact) mass is 496 g/mol. The summed E-state index contributed by atoms with van der Waals surface area (Å²) in [6, 6.07) is 5.12. The van der Waals surface area contributed by atoms with Gasteiger partial charge in [0.1, 0.15) is 0 Å². The molecule has 3 rings (SSSR count). The Morgan fingerprint density at radius 3 is 2.69 bits per heavy atom. The number of carbonyl (C=O) groups is 1. The van der Waals surface area contributed by atoms with Crippen molar-refractivity contribution < 1.29 is 22.8 Å². The average Bonchev–Trinajstić information content (AvgIpc) is 3.31. The van der Waals surface area contributed by atoms with E-state index >= 15 is 0 Å². The Bertz CT molecular complexity index is 1010. The molecule has 1 amide bonds. The van der Waals surface area contributed by atoms with Gasteiger partial charge in [0.05, 0.1) is 12.5 Å². The summed E-state index contributed by atoms with van der Waals surface area (Å²) in [5.74, 6) is -1.50. The first kappa shape index (κ1) is 26.4. The Morgan fingerprint density at radius 2 is 2.03 bits per heavy atom. The molecule has 1 aromatic heterocycles. The lowest BCUT2D eigenvalue weighted by atomic mass is 10.1. The van der Waals surface area contributed by atoms with E-state index < -0.39 is 18.0 Å². The van der Waals surface area contributed by atoms with Gasteiger partial charge in [-0.1, -0.05) is 13.0 Å². The van der Waals surface area contributed by atoms with Crippen molar-refractivity contribution in [3.05, 3.63) is 29.3 Å². The molecule has 1 fully saturated rings. The molecule has 192 valence electrons. The van der Waals surface area contributed by atoms with Crippen LogP contribution in [0, 0.1) is 12.8 Å². The quantitative estimate of drug-likeness (QED) is 0.368. The third kappa shape index (κ3) is 7.39. The zero-order chi connectivity index (χ0) is 25.6. The van der Waals surface area contributed by atoms with Crippen molar-refractivity contribution in [2.75, 3.05) is 48.8 Å². The molecule has 0 saturated carbocycles. The first-order valence-corrected chi connectivity index (χ1v) is 11.4. The van der Waals surface area contributed by atoms with Crippen LogP contribution in [-0.4, -0.2) is 66.4 Å². The van der Waals surface area contributed by atoms with Crippen LogP contribution < -0.4 is 26.3 Å². The minimum absolute atomic E-state index is 0.0878. The number of nitrogens with one attached hydrogen (secondary N) is 4. The largest absolute Gasteiger partial charge is 0.393 e. The number of rotatable bonds is 10. The van der Waals surface area contributed by atoms with E-state index in [9.17, 15) is 18.0 Å². The maximum Gasteiger partial charge on any atom is 0.393 e. The first-order valence-electron chi connectivity index (χ1n) is 11.4. The van der Waals surface area contributed by atoms with Crippen LogP contribution >= 0.6 is 0 Å². The van der Waals surface area contributed by atoms with Crippen molar-refractivity contribution in [1.82, 2.24) is 25.7 Å². The molecule has 1 aliphatic heterocycles. The fourth-order valence-corrected chi connectivity index (χ4v) is 3.43. The second-order valence-electron chi connectivity index (χ2n) is 8.46. The summed E-state index contributed by atoms with van der Waals surface area (Å²) in [4.78, 5) is 31.7. The number of hydrogen-bond acceptors (Lipinski definition) is 9. The number of alkyl halides is 3. The van der Waals surface area contributed by atoms with Crippen molar-refractivity contribution >= 4 is 29.4 Å². The number of aromatic nitrogens is 3. The average molecular weight is 497 g/mol. The molecule has 0 bridgehead atoms. The summed E-state index contributed by atoms with van der Waals surface area (Å²) in [6.07, 6.45) is -3.47. The third-order valence-electron chi connectivity index (χ3n) is 5.52. The van der Waals surface area contributed by atoms with Crippen molar-refractivity contribution in [1.29, 1.82) is 0 Å². The molecule has 1 saturated heterocycles. The number of anilines is 4. The van der Waals surface area contributed by atoms with Crippen LogP contribution in [0.4, 0.5) is 36.7 Å². The molecule has 0 spiro atoms. The Balaban J connectivity index is 1.88. The van der Waals surface area contributed by atoms with Crippen LogP contribution in [-0.2, 0) is 4.84 Å². The van der Waals surface area contributed by atoms with Gasteiger partial charge >= 0.3 is 6.18 Å². The topological polar surface area (TPSA) is 116 Å². The summed E-state index contributed by atoms with van der Waals surface area (Å²) in [7, 11) is 1.51. The molecule has 0 radical (unpaired) electrons. The Kier molecular flexibility index (Phi) is 8.67. The van der Waals surface area contributed by atoms with Gasteiger partial charge in [-0.15, -0.1) is 0 Å². The Morgan fingerprint density at radius 1 is 1.29 bits per heavy atom. The van der Waals surface area contributed by atoms with Gasteiger partial charge in [-0.2, -0.15) is 28.1 Å². The van der Waals surface area contributed by atoms with Crippen LogP contribution in [0.5, 0.6) is 0 Å². The van der Waals surface area contributed by atoms with Crippen LogP contribution in [0.25, 0.3) is 0 Å². The van der Waals surface area contributed by atoms with E-state index in [0.29, 0.717) is 17.9 Å². The van der Waals surface area contributed by atoms with Gasteiger partial charge < -0.3 is 20.9 Å². The Labute approximate surface area is 202 Å². The number of benzene rings is 1. The molecular weight excluding hydrogens is 465 g/mol.